The van der Waals surface area contributed by atoms with E-state index in [1.54, 1.807) is 4.90 Å². The molecule has 4 rings (SSSR count). The molecule has 0 bridgehead atoms. The predicted octanol–water partition coefficient (Wildman–Crippen LogP) is 2.16. The Hall–Kier alpha value is -2.71. The van der Waals surface area contributed by atoms with Gasteiger partial charge in [0, 0.05) is 38.3 Å². The normalized spacial score (nSPS) is 19.1. The average molecular weight is 456 g/mol. The first-order valence-electron chi connectivity index (χ1n) is 10.9. The molecule has 7 nitrogen and oxygen atoms in total. The molecule has 0 spiro atoms. The molecular formula is C24H29N3O4S. The summed E-state index contributed by atoms with van der Waals surface area (Å²) in [4.78, 5) is 26.7. The Morgan fingerprint density at radius 2 is 1.84 bits per heavy atom. The fourth-order valence-electron chi connectivity index (χ4n) is 4.31. The Kier molecular flexibility index (Phi) is 6.35. The second-order valence-electron chi connectivity index (χ2n) is 8.63. The number of nitrogens with one attached hydrogen (secondary N) is 1. The third-order valence-corrected chi connectivity index (χ3v) is 8.26. The van der Waals surface area contributed by atoms with Crippen molar-refractivity contribution in [3.05, 3.63) is 64.7 Å². The molecule has 2 amide bonds. The highest BCUT2D eigenvalue weighted by Gasteiger charge is 2.35. The summed E-state index contributed by atoms with van der Waals surface area (Å²) in [5.74, 6) is -0.992. The van der Waals surface area contributed by atoms with Gasteiger partial charge in [-0.1, -0.05) is 30.3 Å². The molecule has 2 aromatic rings. The van der Waals surface area contributed by atoms with Crippen LogP contribution in [0.15, 0.2) is 42.5 Å². The lowest BCUT2D eigenvalue weighted by Gasteiger charge is -2.28. The molecule has 2 aliphatic heterocycles. The first-order chi connectivity index (χ1) is 15.2. The Morgan fingerprint density at radius 3 is 2.59 bits per heavy atom. The van der Waals surface area contributed by atoms with Gasteiger partial charge in [0.05, 0.1) is 11.7 Å². The molecule has 0 radical (unpaired) electrons. The molecule has 1 atom stereocenters. The zero-order valence-corrected chi connectivity index (χ0v) is 19.3. The number of benzene rings is 2. The second kappa shape index (κ2) is 9.03. The van der Waals surface area contributed by atoms with E-state index in [0.29, 0.717) is 26.1 Å². The molecule has 8 heteroatoms. The van der Waals surface area contributed by atoms with E-state index in [9.17, 15) is 18.0 Å². The average Bonchev–Trinajstić information content (AvgIpc) is 3.17. The molecule has 0 aromatic heterocycles. The molecule has 0 saturated carbocycles. The molecule has 32 heavy (non-hydrogen) atoms. The number of nitrogens with zero attached hydrogens (tertiary/aromatic N) is 2. The summed E-state index contributed by atoms with van der Waals surface area (Å²) in [6.07, 6.45) is 0.828. The molecule has 1 N–H and O–H groups in total. The number of carbonyl (C=O) groups excluding carboxylic acids is 2. The van der Waals surface area contributed by atoms with Gasteiger partial charge in [-0.3, -0.25) is 9.59 Å². The number of anilines is 1. The van der Waals surface area contributed by atoms with E-state index >= 15 is 0 Å². The van der Waals surface area contributed by atoms with Crippen molar-refractivity contribution in [3.63, 3.8) is 0 Å². The number of amides is 2. The van der Waals surface area contributed by atoms with E-state index in [4.69, 9.17) is 0 Å². The number of hydrogen-bond donors (Lipinski definition) is 1. The van der Waals surface area contributed by atoms with E-state index in [0.717, 1.165) is 22.4 Å². The largest absolute Gasteiger partial charge is 0.355 e. The summed E-state index contributed by atoms with van der Waals surface area (Å²) >= 11 is 0. The van der Waals surface area contributed by atoms with Gasteiger partial charge in [-0.2, -0.15) is 4.31 Å². The van der Waals surface area contributed by atoms with Gasteiger partial charge in [0.25, 0.3) is 0 Å². The summed E-state index contributed by atoms with van der Waals surface area (Å²) in [5, 5.41) is 2.73. The lowest BCUT2D eigenvalue weighted by molar-refractivity contribution is -0.126. The number of sulfonamides is 1. The number of hydrogen-bond acceptors (Lipinski definition) is 4. The molecule has 2 heterocycles. The molecular weight excluding hydrogens is 426 g/mol. The molecule has 1 saturated heterocycles. The highest BCUT2D eigenvalue weighted by Crippen LogP contribution is 2.27. The minimum atomic E-state index is -3.48. The quantitative estimate of drug-likeness (QED) is 0.723. The number of rotatable bonds is 6. The van der Waals surface area contributed by atoms with Crippen LogP contribution in [0, 0.1) is 19.8 Å². The third kappa shape index (κ3) is 4.71. The smallest absolute Gasteiger partial charge is 0.227 e. The van der Waals surface area contributed by atoms with Crippen molar-refractivity contribution in [3.8, 4) is 0 Å². The SMILES string of the molecule is Cc1ccc(N2C[C@H](C(=O)NCCS(=O)(=O)N3CCc4ccccc4C3)CC2=O)cc1C. The lowest BCUT2D eigenvalue weighted by Crippen LogP contribution is -2.41. The van der Waals surface area contributed by atoms with E-state index in [-0.39, 0.29) is 30.5 Å². The van der Waals surface area contributed by atoms with E-state index in [1.165, 1.54) is 9.87 Å². The Labute approximate surface area is 189 Å². The van der Waals surface area contributed by atoms with Crippen molar-refractivity contribution < 1.29 is 18.0 Å². The Bertz CT molecular complexity index is 1150. The van der Waals surface area contributed by atoms with Crippen LogP contribution in [0.1, 0.15) is 28.7 Å². The number of fused-ring (bicyclic) bond motifs is 1. The monoisotopic (exact) mass is 455 g/mol. The highest BCUT2D eigenvalue weighted by atomic mass is 32.2. The molecule has 1 fully saturated rings. The van der Waals surface area contributed by atoms with Crippen LogP contribution in [-0.2, 0) is 32.6 Å². The Balaban J connectivity index is 1.30. The van der Waals surface area contributed by atoms with Gasteiger partial charge in [-0.15, -0.1) is 0 Å². The second-order valence-corrected chi connectivity index (χ2v) is 10.7. The van der Waals surface area contributed by atoms with Gasteiger partial charge in [0.2, 0.25) is 21.8 Å². The number of aryl methyl sites for hydroxylation is 2. The predicted molar refractivity (Wildman–Crippen MR) is 124 cm³/mol. The maximum atomic E-state index is 12.8. The summed E-state index contributed by atoms with van der Waals surface area (Å²) in [7, 11) is -3.48. The van der Waals surface area contributed by atoms with Crippen LogP contribution in [-0.4, -0.2) is 49.9 Å². The molecule has 170 valence electrons. The van der Waals surface area contributed by atoms with Gasteiger partial charge in [-0.25, -0.2) is 8.42 Å². The van der Waals surface area contributed by atoms with Crippen molar-refractivity contribution in [1.29, 1.82) is 0 Å². The van der Waals surface area contributed by atoms with Crippen molar-refractivity contribution >= 4 is 27.5 Å². The van der Waals surface area contributed by atoms with Gasteiger partial charge in [0.15, 0.2) is 0 Å². The van der Waals surface area contributed by atoms with Crippen molar-refractivity contribution in [2.75, 3.05) is 30.3 Å². The van der Waals surface area contributed by atoms with Crippen molar-refractivity contribution in [2.45, 2.75) is 33.2 Å². The Morgan fingerprint density at radius 1 is 1.09 bits per heavy atom. The summed E-state index contributed by atoms with van der Waals surface area (Å²) in [6, 6.07) is 13.7. The van der Waals surface area contributed by atoms with E-state index < -0.39 is 15.9 Å². The fraction of sp³-hybridized carbons (Fsp3) is 0.417. The minimum Gasteiger partial charge on any atom is -0.355 e. The molecule has 0 aliphatic carbocycles. The maximum Gasteiger partial charge on any atom is 0.227 e. The minimum absolute atomic E-state index is 0.0354. The summed E-state index contributed by atoms with van der Waals surface area (Å²) in [6.45, 7) is 5.17. The van der Waals surface area contributed by atoms with E-state index in [2.05, 4.69) is 5.32 Å². The zero-order valence-electron chi connectivity index (χ0n) is 18.5. The molecule has 2 aliphatic rings. The van der Waals surface area contributed by atoms with Crippen molar-refractivity contribution in [2.24, 2.45) is 5.92 Å². The zero-order chi connectivity index (χ0) is 22.9. The summed E-state index contributed by atoms with van der Waals surface area (Å²) < 4.78 is 27.0. The molecule has 0 unspecified atom stereocenters. The van der Waals surface area contributed by atoms with Crippen LogP contribution in [0.5, 0.6) is 0 Å². The van der Waals surface area contributed by atoms with Crippen LogP contribution >= 0.6 is 0 Å². The third-order valence-electron chi connectivity index (χ3n) is 6.45. The van der Waals surface area contributed by atoms with E-state index in [1.807, 2.05) is 56.3 Å². The van der Waals surface area contributed by atoms with Crippen LogP contribution in [0.2, 0.25) is 0 Å². The first-order valence-corrected chi connectivity index (χ1v) is 12.6. The standard InChI is InChI=1S/C24H29N3O4S/c1-17-7-8-22(13-18(17)2)27-16-21(14-23(27)28)24(29)25-10-12-32(30,31)26-11-9-19-5-3-4-6-20(19)15-26/h3-8,13,21H,9-12,14-16H2,1-2H3,(H,25,29)/t21-/m1/s1. The first kappa shape index (κ1) is 22.5. The van der Waals surface area contributed by atoms with Crippen LogP contribution < -0.4 is 10.2 Å². The van der Waals surface area contributed by atoms with Gasteiger partial charge < -0.3 is 10.2 Å². The van der Waals surface area contributed by atoms with Crippen molar-refractivity contribution in [1.82, 2.24) is 9.62 Å². The lowest BCUT2D eigenvalue weighted by atomic mass is 10.0. The number of carbonyl (C=O) groups is 2. The van der Waals surface area contributed by atoms with Crippen LogP contribution in [0.25, 0.3) is 0 Å². The fourth-order valence-corrected chi connectivity index (χ4v) is 5.63. The van der Waals surface area contributed by atoms with Gasteiger partial charge >= 0.3 is 0 Å². The summed E-state index contributed by atoms with van der Waals surface area (Å²) in [5.41, 5.74) is 5.25. The van der Waals surface area contributed by atoms with Crippen LogP contribution in [0.4, 0.5) is 5.69 Å². The van der Waals surface area contributed by atoms with Gasteiger partial charge in [-0.05, 0) is 54.7 Å². The van der Waals surface area contributed by atoms with Gasteiger partial charge in [0.1, 0.15) is 0 Å². The topological polar surface area (TPSA) is 86.8 Å². The highest BCUT2D eigenvalue weighted by molar-refractivity contribution is 7.89. The van der Waals surface area contributed by atoms with Crippen LogP contribution in [0.3, 0.4) is 0 Å². The maximum absolute atomic E-state index is 12.8. The molecule has 2 aromatic carbocycles.